The van der Waals surface area contributed by atoms with Crippen LogP contribution >= 0.6 is 0 Å². The second kappa shape index (κ2) is 7.23. The number of hydrogen-bond acceptors (Lipinski definition) is 6. The van der Waals surface area contributed by atoms with Crippen molar-refractivity contribution in [1.82, 2.24) is 19.5 Å². The van der Waals surface area contributed by atoms with E-state index in [0.29, 0.717) is 17.9 Å². The van der Waals surface area contributed by atoms with Gasteiger partial charge in [0.25, 0.3) is 0 Å². The van der Waals surface area contributed by atoms with Gasteiger partial charge in [-0.25, -0.2) is 9.97 Å². The third-order valence-electron chi connectivity index (χ3n) is 5.98. The lowest BCUT2D eigenvalue weighted by molar-refractivity contribution is 0.344. The van der Waals surface area contributed by atoms with Crippen molar-refractivity contribution >= 4 is 11.8 Å². The fourth-order valence-electron chi connectivity index (χ4n) is 4.16. The zero-order valence-corrected chi connectivity index (χ0v) is 15.5. The second-order valence-electron chi connectivity index (χ2n) is 7.82. The number of nitrogen functional groups attached to an aromatic ring is 1. The normalized spacial score (nSPS) is 23.8. The number of hydrogen-bond donors (Lipinski definition) is 2. The average molecular weight is 355 g/mol. The Labute approximate surface area is 154 Å². The molecule has 0 spiro atoms. The van der Waals surface area contributed by atoms with E-state index in [4.69, 9.17) is 11.5 Å². The molecule has 1 saturated carbocycles. The van der Waals surface area contributed by atoms with Gasteiger partial charge in [0.2, 0.25) is 5.95 Å². The Balaban J connectivity index is 1.33. The molecule has 140 valence electrons. The zero-order valence-electron chi connectivity index (χ0n) is 15.5. The van der Waals surface area contributed by atoms with E-state index < -0.39 is 0 Å². The topological polar surface area (TPSA) is 98.9 Å². The summed E-state index contributed by atoms with van der Waals surface area (Å²) in [5.41, 5.74) is 13.0. The molecule has 4 N–H and O–H groups in total. The molecule has 0 aromatic carbocycles. The Morgan fingerprint density at radius 2 is 1.96 bits per heavy atom. The van der Waals surface area contributed by atoms with E-state index in [2.05, 4.69) is 43.6 Å². The molecule has 2 fully saturated rings. The van der Waals surface area contributed by atoms with Gasteiger partial charge in [0, 0.05) is 50.1 Å². The van der Waals surface area contributed by atoms with Gasteiger partial charge in [0.1, 0.15) is 11.6 Å². The van der Waals surface area contributed by atoms with Crippen LogP contribution < -0.4 is 16.4 Å². The highest BCUT2D eigenvalue weighted by Crippen LogP contribution is 2.36. The minimum absolute atomic E-state index is 0.314. The quantitative estimate of drug-likeness (QED) is 0.852. The van der Waals surface area contributed by atoms with Gasteiger partial charge in [-0.3, -0.25) is 0 Å². The van der Waals surface area contributed by atoms with Gasteiger partial charge in [-0.2, -0.15) is 4.98 Å². The van der Waals surface area contributed by atoms with Gasteiger partial charge in [0.15, 0.2) is 0 Å². The van der Waals surface area contributed by atoms with E-state index in [9.17, 15) is 0 Å². The molecule has 0 atom stereocenters. The molecule has 3 heterocycles. The highest BCUT2D eigenvalue weighted by atomic mass is 15.2. The van der Waals surface area contributed by atoms with E-state index in [1.807, 2.05) is 6.20 Å². The Kier molecular flexibility index (Phi) is 4.80. The van der Waals surface area contributed by atoms with Crippen molar-refractivity contribution in [3.8, 4) is 0 Å². The van der Waals surface area contributed by atoms with Crippen LogP contribution in [0.3, 0.4) is 0 Å². The molecule has 2 aromatic heterocycles. The first-order chi connectivity index (χ1) is 12.6. The summed E-state index contributed by atoms with van der Waals surface area (Å²) >= 11 is 0. The highest BCUT2D eigenvalue weighted by molar-refractivity contribution is 5.45. The Morgan fingerprint density at radius 3 is 2.62 bits per heavy atom. The van der Waals surface area contributed by atoms with E-state index >= 15 is 0 Å². The van der Waals surface area contributed by atoms with Crippen LogP contribution in [0.1, 0.15) is 49.5 Å². The van der Waals surface area contributed by atoms with Gasteiger partial charge in [-0.15, -0.1) is 0 Å². The third kappa shape index (κ3) is 3.67. The molecule has 2 aromatic rings. The summed E-state index contributed by atoms with van der Waals surface area (Å²) in [6.07, 6.45) is 9.56. The number of imidazole rings is 1. The molecule has 0 radical (unpaired) electrons. The lowest BCUT2D eigenvalue weighted by atomic mass is 9.78. The summed E-state index contributed by atoms with van der Waals surface area (Å²) in [5.74, 6) is 3.68. The SMILES string of the molecule is Cc1nccn1CCC1CCN(c2cc(C3CC(N)C3)nc(N)n2)CC1. The summed E-state index contributed by atoms with van der Waals surface area (Å²) in [6, 6.07) is 2.44. The molecule has 7 heteroatoms. The molecule has 0 unspecified atom stereocenters. The molecular weight excluding hydrogens is 326 g/mol. The van der Waals surface area contributed by atoms with Crippen molar-refractivity contribution in [2.24, 2.45) is 11.7 Å². The molecule has 4 rings (SSSR count). The molecule has 1 aliphatic carbocycles. The average Bonchev–Trinajstić information content (AvgIpc) is 3.02. The van der Waals surface area contributed by atoms with Crippen LogP contribution in [0.5, 0.6) is 0 Å². The minimum Gasteiger partial charge on any atom is -0.368 e. The van der Waals surface area contributed by atoms with Crippen LogP contribution in [-0.4, -0.2) is 38.7 Å². The van der Waals surface area contributed by atoms with Crippen molar-refractivity contribution < 1.29 is 0 Å². The maximum atomic E-state index is 5.97. The molecule has 1 saturated heterocycles. The van der Waals surface area contributed by atoms with E-state index in [1.165, 1.54) is 19.3 Å². The summed E-state index contributed by atoms with van der Waals surface area (Å²) < 4.78 is 2.24. The Bertz CT molecular complexity index is 742. The van der Waals surface area contributed by atoms with Crippen LogP contribution in [0.15, 0.2) is 18.5 Å². The maximum Gasteiger partial charge on any atom is 0.222 e. The smallest absolute Gasteiger partial charge is 0.222 e. The summed E-state index contributed by atoms with van der Waals surface area (Å²) in [4.78, 5) is 15.6. The van der Waals surface area contributed by atoms with Crippen molar-refractivity contribution in [1.29, 1.82) is 0 Å². The standard InChI is InChI=1S/C19H29N7/c1-13-22-5-9-25(13)6-2-14-3-7-26(8-4-14)18-12-17(23-19(21)24-18)15-10-16(20)11-15/h5,9,12,14-16H,2-4,6-8,10-11,20H2,1H3,(H2,21,23,24). The summed E-state index contributed by atoms with van der Waals surface area (Å²) in [6.45, 7) is 5.19. The van der Waals surface area contributed by atoms with Gasteiger partial charge >= 0.3 is 0 Å². The minimum atomic E-state index is 0.314. The van der Waals surface area contributed by atoms with Gasteiger partial charge in [-0.1, -0.05) is 0 Å². The number of aromatic nitrogens is 4. The first kappa shape index (κ1) is 17.3. The molecule has 0 bridgehead atoms. The number of piperidine rings is 1. The molecule has 1 aliphatic heterocycles. The van der Waals surface area contributed by atoms with Crippen molar-refractivity contribution in [2.45, 2.75) is 57.5 Å². The van der Waals surface area contributed by atoms with E-state index in [0.717, 1.165) is 55.7 Å². The summed E-state index contributed by atoms with van der Waals surface area (Å²) in [5, 5.41) is 0. The Morgan fingerprint density at radius 1 is 1.19 bits per heavy atom. The van der Waals surface area contributed by atoms with Crippen molar-refractivity contribution in [3.63, 3.8) is 0 Å². The first-order valence-corrected chi connectivity index (χ1v) is 9.71. The van der Waals surface area contributed by atoms with E-state index in [1.54, 1.807) is 0 Å². The number of rotatable bonds is 5. The van der Waals surface area contributed by atoms with Gasteiger partial charge < -0.3 is 20.9 Å². The number of nitrogens with two attached hydrogens (primary N) is 2. The van der Waals surface area contributed by atoms with Gasteiger partial charge in [-0.05, 0) is 44.9 Å². The third-order valence-corrected chi connectivity index (χ3v) is 5.98. The second-order valence-corrected chi connectivity index (χ2v) is 7.82. The van der Waals surface area contributed by atoms with Crippen molar-refractivity contribution in [2.75, 3.05) is 23.7 Å². The zero-order chi connectivity index (χ0) is 18.1. The van der Waals surface area contributed by atoms with Gasteiger partial charge in [0.05, 0.1) is 5.69 Å². The van der Waals surface area contributed by atoms with Crippen LogP contribution in [0.25, 0.3) is 0 Å². The number of anilines is 2. The Hall–Kier alpha value is -2.15. The molecule has 0 amide bonds. The van der Waals surface area contributed by atoms with E-state index in [-0.39, 0.29) is 0 Å². The summed E-state index contributed by atoms with van der Waals surface area (Å²) in [7, 11) is 0. The fourth-order valence-corrected chi connectivity index (χ4v) is 4.16. The van der Waals surface area contributed by atoms with Crippen LogP contribution in [0.2, 0.25) is 0 Å². The van der Waals surface area contributed by atoms with Crippen molar-refractivity contribution in [3.05, 3.63) is 30.0 Å². The van der Waals surface area contributed by atoms with Crippen LogP contribution in [0, 0.1) is 12.8 Å². The van der Waals surface area contributed by atoms with Crippen LogP contribution in [-0.2, 0) is 6.54 Å². The lowest BCUT2D eigenvalue weighted by Crippen LogP contribution is -2.36. The number of nitrogens with zero attached hydrogens (tertiary/aromatic N) is 5. The first-order valence-electron chi connectivity index (χ1n) is 9.71. The number of aryl methyl sites for hydroxylation is 2. The lowest BCUT2D eigenvalue weighted by Gasteiger charge is -2.35. The molecule has 7 nitrogen and oxygen atoms in total. The molecule has 2 aliphatic rings. The largest absolute Gasteiger partial charge is 0.368 e. The fraction of sp³-hybridized carbons (Fsp3) is 0.632. The molecule has 26 heavy (non-hydrogen) atoms. The van der Waals surface area contributed by atoms with Crippen LogP contribution in [0.4, 0.5) is 11.8 Å². The predicted molar refractivity (Wildman–Crippen MR) is 103 cm³/mol. The monoisotopic (exact) mass is 355 g/mol. The predicted octanol–water partition coefficient (Wildman–Crippen LogP) is 2.08. The highest BCUT2D eigenvalue weighted by Gasteiger charge is 2.30. The maximum absolute atomic E-state index is 5.97. The molecular formula is C19H29N7.